The number of hydrogen-bond donors (Lipinski definition) is 0. The Labute approximate surface area is 67.9 Å². The molecule has 0 heterocycles. The largest absolute Gasteiger partial charge is 0.297 e. The van der Waals surface area contributed by atoms with Crippen molar-refractivity contribution < 1.29 is 4.79 Å². The zero-order chi connectivity index (χ0) is 6.85. The zero-order valence-electron chi connectivity index (χ0n) is 4.94. The van der Waals surface area contributed by atoms with Crippen LogP contribution in [0.5, 0.6) is 0 Å². The van der Waals surface area contributed by atoms with Crippen LogP contribution in [0.3, 0.4) is 0 Å². The van der Waals surface area contributed by atoms with E-state index in [2.05, 4.69) is 15.9 Å². The van der Waals surface area contributed by atoms with E-state index in [0.29, 0.717) is 0 Å². The third-order valence-electron chi connectivity index (χ3n) is 1.53. The van der Waals surface area contributed by atoms with Gasteiger partial charge in [-0.1, -0.05) is 15.9 Å². The Kier molecular flexibility index (Phi) is 2.53. The van der Waals surface area contributed by atoms with Crippen molar-refractivity contribution in [1.29, 1.82) is 0 Å². The fourth-order valence-electron chi connectivity index (χ4n) is 0.957. The summed E-state index contributed by atoms with van der Waals surface area (Å²) in [5, 5.41) is -0.233. The minimum absolute atomic E-state index is 0.0220. The van der Waals surface area contributed by atoms with Crippen LogP contribution < -0.4 is 0 Å². The van der Waals surface area contributed by atoms with Crippen LogP contribution in [0.4, 0.5) is 0 Å². The number of halogens is 2. The summed E-state index contributed by atoms with van der Waals surface area (Å²) in [7, 11) is 0. The molecular weight excluding hydrogens is 203 g/mol. The Morgan fingerprint density at radius 3 is 2.67 bits per heavy atom. The fourth-order valence-corrected chi connectivity index (χ4v) is 2.06. The van der Waals surface area contributed by atoms with E-state index < -0.39 is 0 Å². The van der Waals surface area contributed by atoms with Gasteiger partial charge in [0.1, 0.15) is 0 Å². The molecule has 9 heavy (non-hydrogen) atoms. The number of carbonyl (C=O) groups excluding carboxylic acids is 1. The van der Waals surface area contributed by atoms with Crippen molar-refractivity contribution in [1.82, 2.24) is 0 Å². The van der Waals surface area contributed by atoms with Crippen molar-refractivity contribution in [3.63, 3.8) is 0 Å². The highest BCUT2D eigenvalue weighted by Gasteiger charge is 2.27. The first-order chi connectivity index (χ1) is 4.22. The third kappa shape index (κ3) is 1.68. The first kappa shape index (κ1) is 7.55. The lowest BCUT2D eigenvalue weighted by molar-refractivity contribution is -0.119. The maximum atomic E-state index is 10.9. The summed E-state index contributed by atoms with van der Waals surface area (Å²) in [5.41, 5.74) is 0. The van der Waals surface area contributed by atoms with Crippen molar-refractivity contribution in [3.05, 3.63) is 0 Å². The van der Waals surface area contributed by atoms with Crippen molar-refractivity contribution in [2.45, 2.75) is 29.5 Å². The van der Waals surface area contributed by atoms with Crippen LogP contribution >= 0.6 is 27.5 Å². The van der Waals surface area contributed by atoms with Gasteiger partial charge < -0.3 is 0 Å². The predicted octanol–water partition coefficient (Wildman–Crippen LogP) is 2.11. The summed E-state index contributed by atoms with van der Waals surface area (Å²) in [6.07, 6.45) is 2.86. The molecule has 1 saturated carbocycles. The van der Waals surface area contributed by atoms with Gasteiger partial charge in [-0.3, -0.25) is 4.79 Å². The standard InChI is InChI=1S/C6H8BrClO/c7-4-2-1-3-5(8)6(4)9/h4-5H,1-3H2. The minimum Gasteiger partial charge on any atom is -0.297 e. The van der Waals surface area contributed by atoms with Gasteiger partial charge in [0.15, 0.2) is 5.78 Å². The van der Waals surface area contributed by atoms with Gasteiger partial charge in [-0.05, 0) is 19.3 Å². The molecule has 0 N–H and O–H groups in total. The van der Waals surface area contributed by atoms with E-state index in [9.17, 15) is 4.79 Å². The molecule has 0 aromatic carbocycles. The molecular formula is C6H8BrClO. The lowest BCUT2D eigenvalue weighted by Gasteiger charge is -2.18. The monoisotopic (exact) mass is 210 g/mol. The second kappa shape index (κ2) is 3.02. The summed E-state index contributed by atoms with van der Waals surface area (Å²) >= 11 is 8.94. The number of ketones is 1. The lowest BCUT2D eigenvalue weighted by Crippen LogP contribution is -2.28. The van der Waals surface area contributed by atoms with E-state index in [-0.39, 0.29) is 16.0 Å². The molecule has 0 saturated heterocycles. The van der Waals surface area contributed by atoms with Crippen LogP contribution in [0.25, 0.3) is 0 Å². The summed E-state index contributed by atoms with van der Waals surface area (Å²) in [6.45, 7) is 0. The molecule has 1 fully saturated rings. The van der Waals surface area contributed by atoms with E-state index in [1.54, 1.807) is 0 Å². The highest BCUT2D eigenvalue weighted by atomic mass is 79.9. The Hall–Kier alpha value is 0.440. The van der Waals surface area contributed by atoms with Crippen molar-refractivity contribution in [2.24, 2.45) is 0 Å². The van der Waals surface area contributed by atoms with Crippen LogP contribution in [0.2, 0.25) is 0 Å². The lowest BCUT2D eigenvalue weighted by atomic mass is 9.99. The van der Waals surface area contributed by atoms with Crippen LogP contribution in [0, 0.1) is 0 Å². The smallest absolute Gasteiger partial charge is 0.164 e. The van der Waals surface area contributed by atoms with Gasteiger partial charge in [-0.15, -0.1) is 11.6 Å². The average Bonchev–Trinajstić information content (AvgIpc) is 1.83. The summed E-state index contributed by atoms with van der Waals surface area (Å²) in [5.74, 6) is 0.155. The fraction of sp³-hybridized carbons (Fsp3) is 0.833. The van der Waals surface area contributed by atoms with Gasteiger partial charge in [0, 0.05) is 0 Å². The van der Waals surface area contributed by atoms with E-state index in [1.807, 2.05) is 0 Å². The zero-order valence-corrected chi connectivity index (χ0v) is 7.28. The molecule has 0 aromatic rings. The van der Waals surface area contributed by atoms with E-state index >= 15 is 0 Å². The Bertz CT molecular complexity index is 114. The molecule has 1 aliphatic carbocycles. The first-order valence-corrected chi connectivity index (χ1v) is 4.39. The summed E-state index contributed by atoms with van der Waals surface area (Å²) < 4.78 is 0. The van der Waals surface area contributed by atoms with Gasteiger partial charge in [0.25, 0.3) is 0 Å². The topological polar surface area (TPSA) is 17.1 Å². The van der Waals surface area contributed by atoms with Crippen LogP contribution in [0.1, 0.15) is 19.3 Å². The van der Waals surface area contributed by atoms with Crippen molar-refractivity contribution >= 4 is 33.3 Å². The first-order valence-electron chi connectivity index (χ1n) is 3.03. The van der Waals surface area contributed by atoms with E-state index in [0.717, 1.165) is 19.3 Å². The molecule has 1 nitrogen and oxygen atoms in total. The van der Waals surface area contributed by atoms with Gasteiger partial charge in [-0.2, -0.15) is 0 Å². The molecule has 1 aliphatic rings. The molecule has 2 unspecified atom stereocenters. The maximum absolute atomic E-state index is 10.9. The summed E-state index contributed by atoms with van der Waals surface area (Å²) in [6, 6.07) is 0. The highest BCUT2D eigenvalue weighted by Crippen LogP contribution is 2.24. The Morgan fingerprint density at radius 2 is 2.22 bits per heavy atom. The van der Waals surface area contributed by atoms with Crippen LogP contribution in [0.15, 0.2) is 0 Å². The van der Waals surface area contributed by atoms with Gasteiger partial charge in [0.05, 0.1) is 10.2 Å². The van der Waals surface area contributed by atoms with Gasteiger partial charge >= 0.3 is 0 Å². The van der Waals surface area contributed by atoms with Crippen molar-refractivity contribution in [3.8, 4) is 0 Å². The highest BCUT2D eigenvalue weighted by molar-refractivity contribution is 9.10. The summed E-state index contributed by atoms with van der Waals surface area (Å²) in [4.78, 5) is 11.0. The molecule has 0 radical (unpaired) electrons. The Balaban J connectivity index is 2.52. The molecule has 1 rings (SSSR count). The molecule has 2 atom stereocenters. The molecule has 0 bridgehead atoms. The molecule has 0 aromatic heterocycles. The molecule has 0 amide bonds. The number of alkyl halides is 2. The molecule has 0 spiro atoms. The second-order valence-electron chi connectivity index (χ2n) is 2.27. The normalized spacial score (nSPS) is 36.9. The average molecular weight is 211 g/mol. The Morgan fingerprint density at radius 1 is 1.56 bits per heavy atom. The number of rotatable bonds is 0. The van der Waals surface area contributed by atoms with Gasteiger partial charge in [-0.25, -0.2) is 0 Å². The predicted molar refractivity (Wildman–Crippen MR) is 41.2 cm³/mol. The second-order valence-corrected chi connectivity index (χ2v) is 3.90. The molecule has 52 valence electrons. The van der Waals surface area contributed by atoms with E-state index in [1.165, 1.54) is 0 Å². The molecule has 3 heteroatoms. The SMILES string of the molecule is O=C1C(Cl)CCCC1Br. The van der Waals surface area contributed by atoms with E-state index in [4.69, 9.17) is 11.6 Å². The number of Topliss-reactive ketones (excluding diaryl/α,β-unsaturated/α-hetero) is 1. The molecule has 0 aliphatic heterocycles. The maximum Gasteiger partial charge on any atom is 0.164 e. The quantitative estimate of drug-likeness (QED) is 0.561. The van der Waals surface area contributed by atoms with Crippen molar-refractivity contribution in [2.75, 3.05) is 0 Å². The minimum atomic E-state index is -0.233. The third-order valence-corrected chi connectivity index (χ3v) is 2.87. The van der Waals surface area contributed by atoms with Crippen LogP contribution in [-0.2, 0) is 4.79 Å². The van der Waals surface area contributed by atoms with Crippen LogP contribution in [-0.4, -0.2) is 16.0 Å². The number of hydrogen-bond acceptors (Lipinski definition) is 1. The van der Waals surface area contributed by atoms with Gasteiger partial charge in [0.2, 0.25) is 0 Å². The number of carbonyl (C=O) groups is 1.